The molecule has 1 N–H and O–H groups in total. The van der Waals surface area contributed by atoms with Gasteiger partial charge in [-0.05, 0) is 36.8 Å². The van der Waals surface area contributed by atoms with E-state index in [2.05, 4.69) is 20.7 Å². The molecule has 1 aromatic heterocycles. The zero-order valence-corrected chi connectivity index (χ0v) is 13.3. The van der Waals surface area contributed by atoms with Gasteiger partial charge in [0.05, 0.1) is 10.0 Å². The Balaban J connectivity index is 2.37. The van der Waals surface area contributed by atoms with Gasteiger partial charge < -0.3 is 0 Å². The monoisotopic (exact) mass is 365 g/mol. The largest absolute Gasteiger partial charge is 0.279 e. The van der Waals surface area contributed by atoms with Crippen LogP contribution in [0, 0.1) is 6.92 Å². The van der Waals surface area contributed by atoms with Crippen LogP contribution in [0.2, 0.25) is 4.34 Å². The Morgan fingerprint density at radius 2 is 2.00 bits per heavy atom. The van der Waals surface area contributed by atoms with Gasteiger partial charge in [-0.2, -0.15) is 0 Å². The van der Waals surface area contributed by atoms with Gasteiger partial charge in [0.15, 0.2) is 0 Å². The van der Waals surface area contributed by atoms with E-state index in [1.54, 1.807) is 18.2 Å². The highest BCUT2D eigenvalue weighted by molar-refractivity contribution is 9.10. The summed E-state index contributed by atoms with van der Waals surface area (Å²) in [5, 5.41) is 0. The third-order valence-corrected chi connectivity index (χ3v) is 6.27. The lowest BCUT2D eigenvalue weighted by Gasteiger charge is -2.10. The Morgan fingerprint density at radius 3 is 2.61 bits per heavy atom. The first-order valence-corrected chi connectivity index (χ1v) is 8.40. The first-order valence-electron chi connectivity index (χ1n) is 4.93. The Kier molecular flexibility index (Phi) is 4.01. The molecule has 0 aliphatic heterocycles. The van der Waals surface area contributed by atoms with Gasteiger partial charge in [0.1, 0.15) is 4.21 Å². The SMILES string of the molecule is Cc1c(Br)cccc1NS(=O)(=O)c1ccc(Cl)s1. The zero-order valence-electron chi connectivity index (χ0n) is 9.28. The molecule has 0 bridgehead atoms. The average molecular weight is 367 g/mol. The van der Waals surface area contributed by atoms with Gasteiger partial charge in [0.25, 0.3) is 10.0 Å². The molecule has 96 valence electrons. The van der Waals surface area contributed by atoms with Crippen molar-refractivity contribution in [2.75, 3.05) is 4.72 Å². The first-order chi connectivity index (χ1) is 8.40. The van der Waals surface area contributed by atoms with Crippen LogP contribution in [0.3, 0.4) is 0 Å². The maximum atomic E-state index is 12.1. The minimum Gasteiger partial charge on any atom is -0.279 e. The fourth-order valence-electron chi connectivity index (χ4n) is 1.36. The number of hydrogen-bond donors (Lipinski definition) is 1. The normalized spacial score (nSPS) is 11.5. The predicted octanol–water partition coefficient (Wildman–Crippen LogP) is 4.27. The van der Waals surface area contributed by atoms with E-state index in [9.17, 15) is 8.42 Å². The molecule has 1 aromatic carbocycles. The fraction of sp³-hybridized carbons (Fsp3) is 0.0909. The smallest absolute Gasteiger partial charge is 0.271 e. The molecule has 0 radical (unpaired) electrons. The van der Waals surface area contributed by atoms with Crippen molar-refractivity contribution in [3.63, 3.8) is 0 Å². The summed E-state index contributed by atoms with van der Waals surface area (Å²) >= 11 is 10.1. The van der Waals surface area contributed by atoms with E-state index in [1.807, 2.05) is 13.0 Å². The van der Waals surface area contributed by atoms with Gasteiger partial charge in [0, 0.05) is 4.47 Å². The zero-order chi connectivity index (χ0) is 13.3. The average Bonchev–Trinajstić information content (AvgIpc) is 2.72. The molecule has 3 nitrogen and oxygen atoms in total. The van der Waals surface area contributed by atoms with Crippen molar-refractivity contribution in [3.05, 3.63) is 44.7 Å². The van der Waals surface area contributed by atoms with E-state index in [1.165, 1.54) is 6.07 Å². The number of thiophene rings is 1. The van der Waals surface area contributed by atoms with Crippen LogP contribution in [-0.4, -0.2) is 8.42 Å². The number of halogens is 2. The Bertz CT molecular complexity index is 682. The van der Waals surface area contributed by atoms with Crippen LogP contribution >= 0.6 is 38.9 Å². The third kappa shape index (κ3) is 2.88. The Hall–Kier alpha value is -0.560. The van der Waals surface area contributed by atoms with Crippen LogP contribution in [0.4, 0.5) is 5.69 Å². The molecule has 0 amide bonds. The maximum Gasteiger partial charge on any atom is 0.271 e. The van der Waals surface area contributed by atoms with Gasteiger partial charge in [-0.15, -0.1) is 11.3 Å². The van der Waals surface area contributed by atoms with Crippen molar-refractivity contribution in [1.29, 1.82) is 0 Å². The highest BCUT2D eigenvalue weighted by Gasteiger charge is 2.17. The Labute approximate surface area is 123 Å². The number of anilines is 1. The minimum absolute atomic E-state index is 0.201. The molecule has 0 fully saturated rings. The molecule has 2 aromatic rings. The van der Waals surface area contributed by atoms with E-state index < -0.39 is 10.0 Å². The van der Waals surface area contributed by atoms with Crippen molar-refractivity contribution < 1.29 is 8.42 Å². The van der Waals surface area contributed by atoms with Gasteiger partial charge in [-0.3, -0.25) is 4.72 Å². The van der Waals surface area contributed by atoms with E-state index in [0.29, 0.717) is 10.0 Å². The van der Waals surface area contributed by atoms with Crippen LogP contribution in [-0.2, 0) is 10.0 Å². The topological polar surface area (TPSA) is 46.2 Å². The van der Waals surface area contributed by atoms with Gasteiger partial charge in [-0.1, -0.05) is 33.6 Å². The standard InChI is InChI=1S/C11H9BrClNO2S2/c1-7-8(12)3-2-4-9(7)14-18(15,16)11-6-5-10(13)17-11/h2-6,14H,1H3. The summed E-state index contributed by atoms with van der Waals surface area (Å²) < 4.78 is 28.3. The summed E-state index contributed by atoms with van der Waals surface area (Å²) in [7, 11) is -3.57. The summed E-state index contributed by atoms with van der Waals surface area (Å²) in [6, 6.07) is 8.40. The van der Waals surface area contributed by atoms with Crippen LogP contribution < -0.4 is 4.72 Å². The maximum absolute atomic E-state index is 12.1. The van der Waals surface area contributed by atoms with Crippen molar-refractivity contribution in [2.45, 2.75) is 11.1 Å². The molecule has 0 aliphatic carbocycles. The summed E-state index contributed by atoms with van der Waals surface area (Å²) in [4.78, 5) is 0. The second-order valence-electron chi connectivity index (χ2n) is 3.58. The summed E-state index contributed by atoms with van der Waals surface area (Å²) in [5.74, 6) is 0. The lowest BCUT2D eigenvalue weighted by atomic mass is 10.2. The van der Waals surface area contributed by atoms with Gasteiger partial charge in [0.2, 0.25) is 0 Å². The molecule has 0 spiro atoms. The summed E-state index contributed by atoms with van der Waals surface area (Å²) in [6.07, 6.45) is 0. The molecule has 2 rings (SSSR count). The second kappa shape index (κ2) is 5.21. The summed E-state index contributed by atoms with van der Waals surface area (Å²) in [5.41, 5.74) is 1.39. The van der Waals surface area contributed by atoms with Gasteiger partial charge in [-0.25, -0.2) is 8.42 Å². The molecular weight excluding hydrogens is 358 g/mol. The lowest BCUT2D eigenvalue weighted by molar-refractivity contribution is 0.603. The number of rotatable bonds is 3. The highest BCUT2D eigenvalue weighted by Crippen LogP contribution is 2.29. The number of sulfonamides is 1. The molecule has 0 saturated heterocycles. The molecule has 18 heavy (non-hydrogen) atoms. The predicted molar refractivity (Wildman–Crippen MR) is 79.0 cm³/mol. The van der Waals surface area contributed by atoms with E-state index in [0.717, 1.165) is 21.4 Å². The van der Waals surface area contributed by atoms with Crippen LogP contribution in [0.5, 0.6) is 0 Å². The molecule has 0 saturated carbocycles. The van der Waals surface area contributed by atoms with Crippen LogP contribution in [0.25, 0.3) is 0 Å². The number of benzene rings is 1. The molecule has 0 unspecified atom stereocenters. The molecule has 0 aliphatic rings. The minimum atomic E-state index is -3.57. The van der Waals surface area contributed by atoms with Crippen LogP contribution in [0.1, 0.15) is 5.56 Å². The van der Waals surface area contributed by atoms with Gasteiger partial charge >= 0.3 is 0 Å². The molecule has 0 atom stereocenters. The van der Waals surface area contributed by atoms with E-state index in [4.69, 9.17) is 11.6 Å². The number of nitrogens with one attached hydrogen (secondary N) is 1. The quantitative estimate of drug-likeness (QED) is 0.881. The number of hydrogen-bond acceptors (Lipinski definition) is 3. The molecule has 7 heteroatoms. The molecule has 1 heterocycles. The van der Waals surface area contributed by atoms with E-state index >= 15 is 0 Å². The third-order valence-electron chi connectivity index (χ3n) is 2.33. The second-order valence-corrected chi connectivity index (χ2v) is 8.06. The van der Waals surface area contributed by atoms with Crippen molar-refractivity contribution in [2.24, 2.45) is 0 Å². The molecular formula is C11H9BrClNO2S2. The Morgan fingerprint density at radius 1 is 1.28 bits per heavy atom. The van der Waals surface area contributed by atoms with E-state index in [-0.39, 0.29) is 4.21 Å². The highest BCUT2D eigenvalue weighted by atomic mass is 79.9. The van der Waals surface area contributed by atoms with Crippen LogP contribution in [0.15, 0.2) is 39.0 Å². The van der Waals surface area contributed by atoms with Crippen molar-refractivity contribution in [1.82, 2.24) is 0 Å². The lowest BCUT2D eigenvalue weighted by Crippen LogP contribution is -2.12. The fourth-order valence-corrected chi connectivity index (χ4v) is 4.33. The summed E-state index contributed by atoms with van der Waals surface area (Å²) in [6.45, 7) is 1.84. The van der Waals surface area contributed by atoms with Crippen molar-refractivity contribution >= 4 is 54.6 Å². The first kappa shape index (κ1) is 13.9. The van der Waals surface area contributed by atoms with Crippen molar-refractivity contribution in [3.8, 4) is 0 Å².